The molecule has 0 fully saturated rings. The van der Waals surface area contributed by atoms with Gasteiger partial charge in [0.2, 0.25) is 17.5 Å². The van der Waals surface area contributed by atoms with Crippen molar-refractivity contribution in [2.45, 2.75) is 19.3 Å². The van der Waals surface area contributed by atoms with Crippen molar-refractivity contribution in [1.29, 1.82) is 5.26 Å². The van der Waals surface area contributed by atoms with E-state index in [1.54, 1.807) is 13.2 Å². The van der Waals surface area contributed by atoms with Gasteiger partial charge in [-0.2, -0.15) is 5.26 Å². The Hall–Kier alpha value is -3.34. The molecule has 1 aromatic heterocycles. The molecule has 2 heterocycles. The minimum atomic E-state index is -0.493. The average Bonchev–Trinajstić information content (AvgIpc) is 3.07. The molecule has 1 aromatic carbocycles. The zero-order chi connectivity index (χ0) is 18.8. The van der Waals surface area contributed by atoms with Crippen LogP contribution in [-0.2, 0) is 6.42 Å². The summed E-state index contributed by atoms with van der Waals surface area (Å²) in [5.74, 6) is 1.33. The van der Waals surface area contributed by atoms with Gasteiger partial charge in [0.05, 0.1) is 32.8 Å². The predicted molar refractivity (Wildman–Crippen MR) is 93.4 cm³/mol. The average molecular weight is 356 g/mol. The largest absolute Gasteiger partial charge is 0.493 e. The fourth-order valence-electron chi connectivity index (χ4n) is 3.24. The number of allylic oxidation sites excluding steroid dienone is 1. The lowest BCUT2D eigenvalue weighted by atomic mass is 9.83. The second-order valence-electron chi connectivity index (χ2n) is 5.62. The molecule has 3 rings (SSSR count). The molecule has 0 bridgehead atoms. The molecule has 8 heteroatoms. The second-order valence-corrected chi connectivity index (χ2v) is 5.62. The Balaban J connectivity index is 2.32. The van der Waals surface area contributed by atoms with E-state index in [4.69, 9.17) is 24.7 Å². The first-order valence-electron chi connectivity index (χ1n) is 8.04. The van der Waals surface area contributed by atoms with Gasteiger partial charge in [0.1, 0.15) is 11.6 Å². The van der Waals surface area contributed by atoms with E-state index in [-0.39, 0.29) is 5.88 Å². The Morgan fingerprint density at radius 1 is 1.23 bits per heavy atom. The first kappa shape index (κ1) is 17.5. The molecule has 0 saturated carbocycles. The summed E-state index contributed by atoms with van der Waals surface area (Å²) in [6, 6.07) is 5.76. The Kier molecular flexibility index (Phi) is 4.63. The third-order valence-electron chi connectivity index (χ3n) is 4.42. The molecule has 3 N–H and O–H groups in total. The SMILES string of the molecule is CCc1[nH]nc2c1[C@@H](c1ccc(OC)c(OC)c1OC)C(C#N)=C(N)O2. The molecule has 1 aliphatic heterocycles. The summed E-state index contributed by atoms with van der Waals surface area (Å²) in [7, 11) is 4.62. The van der Waals surface area contributed by atoms with Crippen LogP contribution >= 0.6 is 0 Å². The zero-order valence-corrected chi connectivity index (χ0v) is 15.0. The summed E-state index contributed by atoms with van der Waals surface area (Å²) in [5, 5.41) is 16.9. The number of aromatic amines is 1. The Morgan fingerprint density at radius 3 is 2.54 bits per heavy atom. The second kappa shape index (κ2) is 6.88. The minimum absolute atomic E-state index is 0.0241. The van der Waals surface area contributed by atoms with Gasteiger partial charge >= 0.3 is 0 Å². The first-order chi connectivity index (χ1) is 12.6. The number of methoxy groups -OCH3 is 3. The van der Waals surface area contributed by atoms with Crippen LogP contribution in [0.4, 0.5) is 0 Å². The van der Waals surface area contributed by atoms with Crippen molar-refractivity contribution >= 4 is 0 Å². The van der Waals surface area contributed by atoms with Crippen LogP contribution < -0.4 is 24.7 Å². The van der Waals surface area contributed by atoms with Crippen molar-refractivity contribution in [1.82, 2.24) is 10.2 Å². The number of H-pyrrole nitrogens is 1. The fourth-order valence-corrected chi connectivity index (χ4v) is 3.24. The number of aryl methyl sites for hydroxylation is 1. The van der Waals surface area contributed by atoms with Gasteiger partial charge < -0.3 is 24.7 Å². The summed E-state index contributed by atoms with van der Waals surface area (Å²) in [6.07, 6.45) is 0.691. The van der Waals surface area contributed by atoms with Gasteiger partial charge in [-0.15, -0.1) is 5.10 Å². The molecule has 0 amide bonds. The van der Waals surface area contributed by atoms with E-state index in [0.717, 1.165) is 11.3 Å². The monoisotopic (exact) mass is 356 g/mol. The van der Waals surface area contributed by atoms with Crippen molar-refractivity contribution in [2.24, 2.45) is 5.73 Å². The van der Waals surface area contributed by atoms with E-state index in [1.165, 1.54) is 14.2 Å². The van der Waals surface area contributed by atoms with Crippen LogP contribution in [-0.4, -0.2) is 31.5 Å². The molecular formula is C18H20N4O4. The molecule has 0 spiro atoms. The molecule has 0 unspecified atom stereocenters. The molecule has 8 nitrogen and oxygen atoms in total. The van der Waals surface area contributed by atoms with Gasteiger partial charge in [-0.05, 0) is 12.5 Å². The third-order valence-corrected chi connectivity index (χ3v) is 4.42. The summed E-state index contributed by atoms with van der Waals surface area (Å²) < 4.78 is 22.0. The summed E-state index contributed by atoms with van der Waals surface area (Å²) in [5.41, 5.74) is 8.62. The third kappa shape index (κ3) is 2.49. The van der Waals surface area contributed by atoms with Crippen LogP contribution in [0.2, 0.25) is 0 Å². The van der Waals surface area contributed by atoms with E-state index < -0.39 is 5.92 Å². The number of hydrogen-bond acceptors (Lipinski definition) is 7. The van der Waals surface area contributed by atoms with Crippen molar-refractivity contribution in [3.05, 3.63) is 40.4 Å². The summed E-state index contributed by atoms with van der Waals surface area (Å²) in [6.45, 7) is 1.99. The number of fused-ring (bicyclic) bond motifs is 1. The Labute approximate surface area is 151 Å². The highest BCUT2D eigenvalue weighted by Crippen LogP contribution is 2.50. The number of benzene rings is 1. The molecule has 1 aliphatic rings. The van der Waals surface area contributed by atoms with Crippen molar-refractivity contribution < 1.29 is 18.9 Å². The number of nitrogens with zero attached hydrogens (tertiary/aromatic N) is 2. The van der Waals surface area contributed by atoms with Gasteiger partial charge in [0, 0.05) is 11.3 Å². The van der Waals surface area contributed by atoms with E-state index >= 15 is 0 Å². The number of nitrogens with two attached hydrogens (primary N) is 1. The number of aromatic nitrogens is 2. The van der Waals surface area contributed by atoms with Gasteiger partial charge in [0.15, 0.2) is 11.5 Å². The van der Waals surface area contributed by atoms with E-state index in [9.17, 15) is 5.26 Å². The van der Waals surface area contributed by atoms with E-state index in [2.05, 4.69) is 16.3 Å². The number of nitriles is 1. The highest BCUT2D eigenvalue weighted by molar-refractivity contribution is 5.64. The maximum atomic E-state index is 9.72. The van der Waals surface area contributed by atoms with Crippen LogP contribution in [0.5, 0.6) is 23.1 Å². The highest BCUT2D eigenvalue weighted by Gasteiger charge is 2.37. The van der Waals surface area contributed by atoms with Crippen LogP contribution in [0.15, 0.2) is 23.6 Å². The maximum absolute atomic E-state index is 9.72. The number of rotatable bonds is 5. The lowest BCUT2D eigenvalue weighted by molar-refractivity contribution is 0.321. The van der Waals surface area contributed by atoms with Gasteiger partial charge in [-0.25, -0.2) is 0 Å². The smallest absolute Gasteiger partial charge is 0.244 e. The van der Waals surface area contributed by atoms with Gasteiger partial charge in [-0.3, -0.25) is 5.10 Å². The standard InChI is InChI=1S/C18H20N4O4/c1-5-11-14-13(10(8-19)17(20)26-18(14)22-21-11)9-6-7-12(23-2)16(25-4)15(9)24-3/h6-7,13H,5,20H2,1-4H3,(H,21,22)/t13-/m0/s1. The molecule has 0 aliphatic carbocycles. The van der Waals surface area contributed by atoms with Crippen molar-refractivity contribution in [3.63, 3.8) is 0 Å². The summed E-state index contributed by atoms with van der Waals surface area (Å²) in [4.78, 5) is 0. The highest BCUT2D eigenvalue weighted by atomic mass is 16.5. The van der Waals surface area contributed by atoms with Crippen LogP contribution in [0, 0.1) is 11.3 Å². The van der Waals surface area contributed by atoms with Gasteiger partial charge in [-0.1, -0.05) is 13.0 Å². The van der Waals surface area contributed by atoms with E-state index in [1.807, 2.05) is 13.0 Å². The quantitative estimate of drug-likeness (QED) is 0.844. The molecule has 0 saturated heterocycles. The summed E-state index contributed by atoms with van der Waals surface area (Å²) >= 11 is 0. The Morgan fingerprint density at radius 2 is 1.96 bits per heavy atom. The van der Waals surface area contributed by atoms with Crippen LogP contribution in [0.25, 0.3) is 0 Å². The van der Waals surface area contributed by atoms with Crippen molar-refractivity contribution in [3.8, 4) is 29.2 Å². The minimum Gasteiger partial charge on any atom is -0.493 e. The number of hydrogen-bond donors (Lipinski definition) is 2. The molecule has 2 aromatic rings. The Bertz CT molecular complexity index is 911. The van der Waals surface area contributed by atoms with Crippen LogP contribution in [0.1, 0.15) is 29.7 Å². The molecule has 0 radical (unpaired) electrons. The maximum Gasteiger partial charge on any atom is 0.244 e. The molecular weight excluding hydrogens is 336 g/mol. The lowest BCUT2D eigenvalue weighted by Crippen LogP contribution is -2.21. The number of ether oxygens (including phenoxy) is 4. The topological polar surface area (TPSA) is 115 Å². The van der Waals surface area contributed by atoms with Gasteiger partial charge in [0.25, 0.3) is 0 Å². The normalized spacial score (nSPS) is 15.7. The van der Waals surface area contributed by atoms with Crippen molar-refractivity contribution in [2.75, 3.05) is 21.3 Å². The number of nitrogens with one attached hydrogen (secondary N) is 1. The first-order valence-corrected chi connectivity index (χ1v) is 8.04. The zero-order valence-electron chi connectivity index (χ0n) is 15.0. The molecule has 136 valence electrons. The fraction of sp³-hybridized carbons (Fsp3) is 0.333. The van der Waals surface area contributed by atoms with Crippen LogP contribution in [0.3, 0.4) is 0 Å². The van der Waals surface area contributed by atoms with E-state index in [0.29, 0.717) is 40.7 Å². The molecule has 1 atom stereocenters. The lowest BCUT2D eigenvalue weighted by Gasteiger charge is -2.26. The predicted octanol–water partition coefficient (Wildman–Crippen LogP) is 2.22. The molecule has 26 heavy (non-hydrogen) atoms.